The molecule has 0 fully saturated rings. The molecule has 2 heterocycles. The number of esters is 1. The third-order valence-electron chi connectivity index (χ3n) is 4.53. The number of ether oxygens (including phenoxy) is 1. The van der Waals surface area contributed by atoms with E-state index < -0.39 is 12.1 Å². The minimum absolute atomic E-state index is 0.206. The van der Waals surface area contributed by atoms with Crippen LogP contribution in [0.5, 0.6) is 0 Å². The number of aromatic nitrogens is 3. The van der Waals surface area contributed by atoms with Gasteiger partial charge >= 0.3 is 5.97 Å². The van der Waals surface area contributed by atoms with Gasteiger partial charge < -0.3 is 9.64 Å². The maximum absolute atomic E-state index is 13.3. The maximum atomic E-state index is 13.3. The van der Waals surface area contributed by atoms with E-state index in [4.69, 9.17) is 4.74 Å². The fourth-order valence-corrected chi connectivity index (χ4v) is 3.07. The molecule has 0 saturated heterocycles. The van der Waals surface area contributed by atoms with Crippen molar-refractivity contribution in [2.45, 2.75) is 33.4 Å². The molecule has 0 bridgehead atoms. The standard InChI is InChI=1S/C22H23FN4O3/c1-14-10-15(2)27(25-14)20-9-8-18(12-24-20)22(29)30-16(3)21(28)26(4)13-17-6-5-7-19(23)11-17/h5-12,16H,13H2,1-4H3. The quantitative estimate of drug-likeness (QED) is 0.583. The lowest BCUT2D eigenvalue weighted by Gasteiger charge is -2.21. The van der Waals surface area contributed by atoms with Gasteiger partial charge in [0.25, 0.3) is 5.91 Å². The Morgan fingerprint density at radius 1 is 1.20 bits per heavy atom. The lowest BCUT2D eigenvalue weighted by atomic mass is 10.2. The first kappa shape index (κ1) is 21.2. The molecular weight excluding hydrogens is 387 g/mol. The molecule has 8 heteroatoms. The number of likely N-dealkylation sites (N-methyl/N-ethyl adjacent to an activating group) is 1. The van der Waals surface area contributed by atoms with E-state index in [1.165, 1.54) is 30.2 Å². The molecule has 0 N–H and O–H groups in total. The summed E-state index contributed by atoms with van der Waals surface area (Å²) in [6, 6.07) is 11.2. The molecule has 1 amide bonds. The Labute approximate surface area is 174 Å². The van der Waals surface area contributed by atoms with Crippen LogP contribution in [0.25, 0.3) is 5.82 Å². The van der Waals surface area contributed by atoms with Gasteiger partial charge in [-0.1, -0.05) is 12.1 Å². The van der Waals surface area contributed by atoms with Gasteiger partial charge in [0.15, 0.2) is 11.9 Å². The van der Waals surface area contributed by atoms with Crippen LogP contribution in [0.2, 0.25) is 0 Å². The number of benzene rings is 1. The molecule has 3 rings (SSSR count). The Kier molecular flexibility index (Phi) is 6.25. The summed E-state index contributed by atoms with van der Waals surface area (Å²) in [5.41, 5.74) is 2.67. The van der Waals surface area contributed by atoms with Crippen molar-refractivity contribution in [2.75, 3.05) is 7.05 Å². The Hall–Kier alpha value is -3.55. The molecule has 0 radical (unpaired) electrons. The van der Waals surface area contributed by atoms with Crippen LogP contribution < -0.4 is 0 Å². The number of hydrogen-bond acceptors (Lipinski definition) is 5. The first-order valence-corrected chi connectivity index (χ1v) is 9.44. The number of amides is 1. The highest BCUT2D eigenvalue weighted by molar-refractivity contribution is 5.92. The molecule has 2 aromatic heterocycles. The number of nitrogens with zero attached hydrogens (tertiary/aromatic N) is 4. The first-order valence-electron chi connectivity index (χ1n) is 9.44. The van der Waals surface area contributed by atoms with E-state index in [2.05, 4.69) is 10.1 Å². The summed E-state index contributed by atoms with van der Waals surface area (Å²) >= 11 is 0. The van der Waals surface area contributed by atoms with Gasteiger partial charge in [-0.3, -0.25) is 4.79 Å². The van der Waals surface area contributed by atoms with Crippen molar-refractivity contribution in [1.82, 2.24) is 19.7 Å². The minimum Gasteiger partial charge on any atom is -0.449 e. The molecule has 3 aromatic rings. The van der Waals surface area contributed by atoms with Crippen LogP contribution in [0.4, 0.5) is 4.39 Å². The van der Waals surface area contributed by atoms with E-state index >= 15 is 0 Å². The van der Waals surface area contributed by atoms with E-state index in [0.29, 0.717) is 11.4 Å². The van der Waals surface area contributed by atoms with Gasteiger partial charge in [-0.05, 0) is 56.7 Å². The topological polar surface area (TPSA) is 77.3 Å². The van der Waals surface area contributed by atoms with Gasteiger partial charge in [-0.2, -0.15) is 5.10 Å². The lowest BCUT2D eigenvalue weighted by Crippen LogP contribution is -2.37. The van der Waals surface area contributed by atoms with Crippen molar-refractivity contribution in [3.63, 3.8) is 0 Å². The highest BCUT2D eigenvalue weighted by Gasteiger charge is 2.22. The van der Waals surface area contributed by atoms with Crippen molar-refractivity contribution >= 4 is 11.9 Å². The average Bonchev–Trinajstić information content (AvgIpc) is 3.05. The predicted octanol–water partition coefficient (Wildman–Crippen LogP) is 3.23. The molecule has 0 aliphatic carbocycles. The number of halogens is 1. The fraction of sp³-hybridized carbons (Fsp3) is 0.273. The largest absolute Gasteiger partial charge is 0.449 e. The summed E-state index contributed by atoms with van der Waals surface area (Å²) in [6.07, 6.45) is 0.397. The summed E-state index contributed by atoms with van der Waals surface area (Å²) < 4.78 is 20.3. The van der Waals surface area contributed by atoms with E-state index in [0.717, 1.165) is 11.4 Å². The maximum Gasteiger partial charge on any atom is 0.340 e. The van der Waals surface area contributed by atoms with Crippen LogP contribution in [0, 0.1) is 19.7 Å². The normalized spacial score (nSPS) is 11.8. The van der Waals surface area contributed by atoms with Crippen LogP contribution in [0.1, 0.15) is 34.2 Å². The number of carbonyl (C=O) groups excluding carboxylic acids is 2. The zero-order chi connectivity index (χ0) is 21.8. The number of pyridine rings is 1. The van der Waals surface area contributed by atoms with E-state index in [-0.39, 0.29) is 23.8 Å². The summed E-state index contributed by atoms with van der Waals surface area (Å²) in [5, 5.41) is 4.35. The zero-order valence-electron chi connectivity index (χ0n) is 17.3. The summed E-state index contributed by atoms with van der Waals surface area (Å²) in [7, 11) is 1.57. The first-order chi connectivity index (χ1) is 14.2. The van der Waals surface area contributed by atoms with Crippen LogP contribution in [0.3, 0.4) is 0 Å². The van der Waals surface area contributed by atoms with Gasteiger partial charge in [0.05, 0.1) is 11.3 Å². The van der Waals surface area contributed by atoms with Crippen LogP contribution in [0.15, 0.2) is 48.7 Å². The molecule has 156 valence electrons. The summed E-state index contributed by atoms with van der Waals surface area (Å²) in [4.78, 5) is 30.6. The van der Waals surface area contributed by atoms with Crippen molar-refractivity contribution < 1.29 is 18.7 Å². The van der Waals surface area contributed by atoms with Crippen LogP contribution >= 0.6 is 0 Å². The molecule has 1 aromatic carbocycles. The smallest absolute Gasteiger partial charge is 0.340 e. The molecule has 0 aliphatic rings. The van der Waals surface area contributed by atoms with Crippen LogP contribution in [-0.4, -0.2) is 44.7 Å². The second-order valence-corrected chi connectivity index (χ2v) is 7.12. The lowest BCUT2D eigenvalue weighted by molar-refractivity contribution is -0.139. The second kappa shape index (κ2) is 8.86. The van der Waals surface area contributed by atoms with Crippen LogP contribution in [-0.2, 0) is 16.1 Å². The molecule has 0 aliphatic heterocycles. The Morgan fingerprint density at radius 2 is 1.97 bits per heavy atom. The highest BCUT2D eigenvalue weighted by atomic mass is 19.1. The van der Waals surface area contributed by atoms with Crippen molar-refractivity contribution in [2.24, 2.45) is 0 Å². The molecule has 0 saturated carbocycles. The number of aryl methyl sites for hydroxylation is 2. The molecule has 30 heavy (non-hydrogen) atoms. The highest BCUT2D eigenvalue weighted by Crippen LogP contribution is 2.13. The molecular formula is C22H23FN4O3. The number of rotatable bonds is 6. The van der Waals surface area contributed by atoms with Gasteiger partial charge in [-0.15, -0.1) is 0 Å². The minimum atomic E-state index is -0.994. The van der Waals surface area contributed by atoms with Crippen molar-refractivity contribution in [3.05, 3.63) is 77.0 Å². The van der Waals surface area contributed by atoms with Crippen molar-refractivity contribution in [1.29, 1.82) is 0 Å². The Balaban J connectivity index is 1.61. The van der Waals surface area contributed by atoms with Gasteiger partial charge in [0.2, 0.25) is 0 Å². The van der Waals surface area contributed by atoms with Gasteiger partial charge in [-0.25, -0.2) is 18.9 Å². The summed E-state index contributed by atoms with van der Waals surface area (Å²) in [5.74, 6) is -0.831. The Morgan fingerprint density at radius 3 is 2.57 bits per heavy atom. The van der Waals surface area contributed by atoms with Gasteiger partial charge in [0, 0.05) is 25.5 Å². The summed E-state index contributed by atoms with van der Waals surface area (Å²) in [6.45, 7) is 5.51. The monoisotopic (exact) mass is 410 g/mol. The molecule has 7 nitrogen and oxygen atoms in total. The second-order valence-electron chi connectivity index (χ2n) is 7.12. The van der Waals surface area contributed by atoms with Crippen molar-refractivity contribution in [3.8, 4) is 5.82 Å². The fourth-order valence-electron chi connectivity index (χ4n) is 3.07. The third kappa shape index (κ3) is 4.89. The number of carbonyl (C=O) groups is 2. The van der Waals surface area contributed by atoms with E-state index in [1.807, 2.05) is 19.9 Å². The SMILES string of the molecule is Cc1cc(C)n(-c2ccc(C(=O)OC(C)C(=O)N(C)Cc3cccc(F)c3)cn2)n1. The number of hydrogen-bond donors (Lipinski definition) is 0. The van der Waals surface area contributed by atoms with E-state index in [1.54, 1.807) is 36.0 Å². The molecule has 1 unspecified atom stereocenters. The molecule has 1 atom stereocenters. The average molecular weight is 410 g/mol. The van der Waals surface area contributed by atoms with Gasteiger partial charge in [0.1, 0.15) is 5.82 Å². The zero-order valence-corrected chi connectivity index (χ0v) is 17.3. The molecule has 0 spiro atoms. The Bertz CT molecular complexity index is 1060. The predicted molar refractivity (Wildman–Crippen MR) is 109 cm³/mol. The third-order valence-corrected chi connectivity index (χ3v) is 4.53. The van der Waals surface area contributed by atoms with E-state index in [9.17, 15) is 14.0 Å².